The van der Waals surface area contributed by atoms with Gasteiger partial charge in [0.05, 0.1) is 11.8 Å². The number of carbonyl (C=O) groups is 1. The average molecular weight is 267 g/mol. The van der Waals surface area contributed by atoms with Crippen molar-refractivity contribution in [3.05, 3.63) is 17.8 Å². The number of likely N-dealkylation sites (tertiary alicyclic amines) is 1. The number of aryl methyl sites for hydroxylation is 1. The first-order valence-corrected chi connectivity index (χ1v) is 6.49. The number of nitrogens with one attached hydrogen (secondary N) is 1. The van der Waals surface area contributed by atoms with Crippen molar-refractivity contribution >= 4 is 5.91 Å². The van der Waals surface area contributed by atoms with E-state index in [2.05, 4.69) is 15.2 Å². The van der Waals surface area contributed by atoms with Crippen LogP contribution in [0.1, 0.15) is 18.0 Å². The van der Waals surface area contributed by atoms with Gasteiger partial charge in [0.1, 0.15) is 6.26 Å². The maximum Gasteiger partial charge on any atom is 0.220 e. The smallest absolute Gasteiger partial charge is 0.220 e. The largest absolute Gasteiger partial charge is 0.449 e. The molecular weight excluding hydrogens is 246 g/mol. The van der Waals surface area contributed by atoms with Gasteiger partial charge in [0.25, 0.3) is 0 Å². The van der Waals surface area contributed by atoms with E-state index in [1.54, 1.807) is 20.4 Å². The van der Waals surface area contributed by atoms with Gasteiger partial charge in [0.15, 0.2) is 5.89 Å². The number of aromatic nitrogens is 1. The molecule has 0 bridgehead atoms. The maximum atomic E-state index is 11.5. The Morgan fingerprint density at radius 2 is 2.42 bits per heavy atom. The van der Waals surface area contributed by atoms with Crippen molar-refractivity contribution in [3.63, 3.8) is 0 Å². The van der Waals surface area contributed by atoms with Crippen LogP contribution in [-0.2, 0) is 16.1 Å². The Morgan fingerprint density at radius 1 is 1.63 bits per heavy atom. The summed E-state index contributed by atoms with van der Waals surface area (Å²) in [6, 6.07) is 0. The van der Waals surface area contributed by atoms with Crippen LogP contribution in [0.25, 0.3) is 0 Å². The SMILES string of the molecule is CNC(=O)C[C@H]1CN(Cc2coc(C)n2)C[C@@H]1OC. The van der Waals surface area contributed by atoms with E-state index >= 15 is 0 Å². The van der Waals surface area contributed by atoms with Crippen LogP contribution in [0.15, 0.2) is 10.7 Å². The molecule has 2 atom stereocenters. The first-order chi connectivity index (χ1) is 9.12. The predicted octanol–water partition coefficient (Wildman–Crippen LogP) is 0.566. The zero-order valence-electron chi connectivity index (χ0n) is 11.7. The van der Waals surface area contributed by atoms with Crippen molar-refractivity contribution in [2.75, 3.05) is 27.2 Å². The number of oxazole rings is 1. The lowest BCUT2D eigenvalue weighted by molar-refractivity contribution is -0.122. The van der Waals surface area contributed by atoms with E-state index in [0.717, 1.165) is 25.3 Å². The van der Waals surface area contributed by atoms with E-state index in [1.165, 1.54) is 0 Å². The van der Waals surface area contributed by atoms with Crippen LogP contribution in [0, 0.1) is 12.8 Å². The molecular formula is C13H21N3O3. The molecule has 1 aliphatic heterocycles. The maximum absolute atomic E-state index is 11.5. The molecule has 0 saturated carbocycles. The van der Waals surface area contributed by atoms with Gasteiger partial charge in [-0.25, -0.2) is 4.98 Å². The highest BCUT2D eigenvalue weighted by atomic mass is 16.5. The van der Waals surface area contributed by atoms with Crippen LogP contribution >= 0.6 is 0 Å². The quantitative estimate of drug-likeness (QED) is 0.844. The van der Waals surface area contributed by atoms with Crippen LogP contribution in [0.5, 0.6) is 0 Å². The molecule has 2 rings (SSSR count). The Bertz CT molecular complexity index is 433. The number of hydrogen-bond acceptors (Lipinski definition) is 5. The second kappa shape index (κ2) is 6.16. The van der Waals surface area contributed by atoms with E-state index < -0.39 is 0 Å². The van der Waals surface area contributed by atoms with Crippen LogP contribution in [0.3, 0.4) is 0 Å². The van der Waals surface area contributed by atoms with Crippen molar-refractivity contribution in [1.82, 2.24) is 15.2 Å². The molecule has 1 amide bonds. The summed E-state index contributed by atoms with van der Waals surface area (Å²) in [7, 11) is 3.36. The summed E-state index contributed by atoms with van der Waals surface area (Å²) in [6.07, 6.45) is 2.29. The lowest BCUT2D eigenvalue weighted by Crippen LogP contribution is -2.28. The summed E-state index contributed by atoms with van der Waals surface area (Å²) in [5.41, 5.74) is 0.924. The molecule has 1 aliphatic rings. The van der Waals surface area contributed by atoms with Gasteiger partial charge in [-0.05, 0) is 0 Å². The molecule has 0 aromatic carbocycles. The van der Waals surface area contributed by atoms with Gasteiger partial charge in [-0.1, -0.05) is 0 Å². The van der Waals surface area contributed by atoms with Crippen molar-refractivity contribution in [2.45, 2.75) is 26.0 Å². The molecule has 2 heterocycles. The Hall–Kier alpha value is -1.40. The average Bonchev–Trinajstić information content (AvgIpc) is 2.96. The highest BCUT2D eigenvalue weighted by molar-refractivity contribution is 5.75. The zero-order chi connectivity index (χ0) is 13.8. The Labute approximate surface area is 113 Å². The van der Waals surface area contributed by atoms with Gasteiger partial charge in [0, 0.05) is 53.1 Å². The minimum Gasteiger partial charge on any atom is -0.449 e. The zero-order valence-corrected chi connectivity index (χ0v) is 11.7. The lowest BCUT2D eigenvalue weighted by atomic mass is 10.0. The monoisotopic (exact) mass is 267 g/mol. The molecule has 19 heavy (non-hydrogen) atoms. The number of nitrogens with zero attached hydrogens (tertiary/aromatic N) is 2. The third-order valence-electron chi connectivity index (χ3n) is 3.54. The summed E-state index contributed by atoms with van der Waals surface area (Å²) >= 11 is 0. The summed E-state index contributed by atoms with van der Waals surface area (Å²) in [4.78, 5) is 18.0. The molecule has 1 aromatic rings. The van der Waals surface area contributed by atoms with Crippen LogP contribution < -0.4 is 5.32 Å². The number of hydrogen-bond donors (Lipinski definition) is 1. The standard InChI is InChI=1S/C13H21N3O3/c1-9-15-11(8-19-9)6-16-5-10(4-13(17)14-2)12(7-16)18-3/h8,10,12H,4-7H2,1-3H3,(H,14,17)/t10-,12-/m0/s1. The molecule has 1 aromatic heterocycles. The van der Waals surface area contributed by atoms with Crippen molar-refractivity contribution in [1.29, 1.82) is 0 Å². The van der Waals surface area contributed by atoms with Crippen molar-refractivity contribution < 1.29 is 13.9 Å². The highest BCUT2D eigenvalue weighted by Crippen LogP contribution is 2.24. The Kier molecular flexibility index (Phi) is 4.55. The fourth-order valence-corrected chi connectivity index (χ4v) is 2.57. The lowest BCUT2D eigenvalue weighted by Gasteiger charge is -2.15. The van der Waals surface area contributed by atoms with Gasteiger partial charge < -0.3 is 14.5 Å². The second-order valence-electron chi connectivity index (χ2n) is 4.96. The van der Waals surface area contributed by atoms with E-state index in [9.17, 15) is 4.79 Å². The third-order valence-corrected chi connectivity index (χ3v) is 3.54. The predicted molar refractivity (Wildman–Crippen MR) is 69.5 cm³/mol. The van der Waals surface area contributed by atoms with E-state index in [1.807, 2.05) is 6.92 Å². The summed E-state index contributed by atoms with van der Waals surface area (Å²) in [5, 5.41) is 2.66. The van der Waals surface area contributed by atoms with Gasteiger partial charge in [-0.15, -0.1) is 0 Å². The topological polar surface area (TPSA) is 67.6 Å². The molecule has 0 spiro atoms. The molecule has 0 aliphatic carbocycles. The number of ether oxygens (including phenoxy) is 1. The fraction of sp³-hybridized carbons (Fsp3) is 0.692. The third kappa shape index (κ3) is 3.54. The van der Waals surface area contributed by atoms with E-state index in [0.29, 0.717) is 12.3 Å². The summed E-state index contributed by atoms with van der Waals surface area (Å²) in [5.74, 6) is 0.975. The number of carbonyl (C=O) groups excluding carboxylic acids is 1. The number of methoxy groups -OCH3 is 1. The molecule has 106 valence electrons. The second-order valence-corrected chi connectivity index (χ2v) is 4.96. The van der Waals surface area contributed by atoms with Crippen LogP contribution in [-0.4, -0.2) is 49.1 Å². The Morgan fingerprint density at radius 3 is 3.00 bits per heavy atom. The number of amides is 1. The fourth-order valence-electron chi connectivity index (χ4n) is 2.57. The summed E-state index contributed by atoms with van der Waals surface area (Å²) < 4.78 is 10.7. The van der Waals surface area contributed by atoms with E-state index in [4.69, 9.17) is 9.15 Å². The molecule has 6 heteroatoms. The number of rotatable bonds is 5. The van der Waals surface area contributed by atoms with E-state index in [-0.39, 0.29) is 17.9 Å². The van der Waals surface area contributed by atoms with Crippen LogP contribution in [0.4, 0.5) is 0 Å². The van der Waals surface area contributed by atoms with Gasteiger partial charge in [0.2, 0.25) is 5.91 Å². The molecule has 0 unspecified atom stereocenters. The van der Waals surface area contributed by atoms with Gasteiger partial charge in [-0.2, -0.15) is 0 Å². The molecule has 1 saturated heterocycles. The molecule has 0 radical (unpaired) electrons. The van der Waals surface area contributed by atoms with Crippen molar-refractivity contribution in [2.24, 2.45) is 5.92 Å². The van der Waals surface area contributed by atoms with Gasteiger partial charge >= 0.3 is 0 Å². The minimum absolute atomic E-state index is 0.0613. The molecule has 1 fully saturated rings. The molecule has 6 nitrogen and oxygen atoms in total. The minimum atomic E-state index is 0.0613. The Balaban J connectivity index is 1.92. The highest BCUT2D eigenvalue weighted by Gasteiger charge is 2.34. The first kappa shape index (κ1) is 14.0. The van der Waals surface area contributed by atoms with Gasteiger partial charge in [-0.3, -0.25) is 9.69 Å². The van der Waals surface area contributed by atoms with Crippen LogP contribution in [0.2, 0.25) is 0 Å². The first-order valence-electron chi connectivity index (χ1n) is 6.49. The normalized spacial score (nSPS) is 23.7. The van der Waals surface area contributed by atoms with Crippen molar-refractivity contribution in [3.8, 4) is 0 Å². The summed E-state index contributed by atoms with van der Waals surface area (Å²) in [6.45, 7) is 4.24. The molecule has 1 N–H and O–H groups in total.